The van der Waals surface area contributed by atoms with Gasteiger partial charge in [-0.15, -0.1) is 0 Å². The molecule has 3 atom stereocenters. The molecule has 0 saturated carbocycles. The van der Waals surface area contributed by atoms with Crippen LogP contribution in [0.4, 0.5) is 0 Å². The maximum absolute atomic E-state index is 10.1. The molecule has 19 heavy (non-hydrogen) atoms. The van der Waals surface area contributed by atoms with E-state index in [1.54, 1.807) is 6.92 Å². The van der Waals surface area contributed by atoms with Gasteiger partial charge in [0.25, 0.3) is 0 Å². The van der Waals surface area contributed by atoms with Gasteiger partial charge in [0.15, 0.2) is 10.7 Å². The predicted molar refractivity (Wildman–Crippen MR) is 79.0 cm³/mol. The predicted octanol–water partition coefficient (Wildman–Crippen LogP) is 5.20. The average Bonchev–Trinajstić information content (AvgIpc) is 2.35. The van der Waals surface area contributed by atoms with E-state index < -0.39 is 0 Å². The van der Waals surface area contributed by atoms with Crippen LogP contribution in [0.1, 0.15) is 47.5 Å². The van der Waals surface area contributed by atoms with Gasteiger partial charge in [0.1, 0.15) is 0 Å². The van der Waals surface area contributed by atoms with Crippen molar-refractivity contribution >= 4 is 0 Å². The average molecular weight is 261 g/mol. The number of hydrogen-bond acceptors (Lipinski definition) is 2. The van der Waals surface area contributed by atoms with Gasteiger partial charge in [-0.1, -0.05) is 37.6 Å². The summed E-state index contributed by atoms with van der Waals surface area (Å²) in [6.45, 7) is 14.3. The highest BCUT2D eigenvalue weighted by Gasteiger charge is 2.41. The van der Waals surface area contributed by atoms with Crippen LogP contribution in [-0.2, 0) is 0 Å². The first-order valence-corrected chi connectivity index (χ1v) is 6.80. The summed E-state index contributed by atoms with van der Waals surface area (Å²) in [6, 6.07) is 0. The van der Waals surface area contributed by atoms with Crippen molar-refractivity contribution in [3.8, 4) is 0 Å². The van der Waals surface area contributed by atoms with Crippen LogP contribution in [-0.4, -0.2) is 5.11 Å². The van der Waals surface area contributed by atoms with Crippen molar-refractivity contribution in [3.05, 3.63) is 40.2 Å². The first-order valence-electron chi connectivity index (χ1n) is 6.80. The first kappa shape index (κ1) is 15.5. The Balaban J connectivity index is 3.14. The molecule has 0 aromatic carbocycles. The van der Waals surface area contributed by atoms with E-state index in [4.69, 9.17) is 5.39 Å². The molecule has 0 aliphatic heterocycles. The lowest BCUT2D eigenvalue weighted by Gasteiger charge is -2.44. The molecular weight excluding hydrogens is 236 g/mol. The highest BCUT2D eigenvalue weighted by atomic mass is 16.3. The number of nitrogens with zero attached hydrogens (tertiary/aromatic N) is 2. The molecule has 0 unspecified atom stereocenters. The van der Waals surface area contributed by atoms with E-state index in [1.807, 2.05) is 0 Å². The molecular formula is C16H25N2O+. The minimum Gasteiger partial charge on any atom is -0.505 e. The van der Waals surface area contributed by atoms with Crippen LogP contribution < -0.4 is 0 Å². The van der Waals surface area contributed by atoms with Gasteiger partial charge in [-0.25, -0.2) is 0 Å². The molecule has 104 valence electrons. The van der Waals surface area contributed by atoms with E-state index in [9.17, 15) is 5.11 Å². The second-order valence-corrected chi connectivity index (χ2v) is 6.09. The minimum atomic E-state index is -0.127. The third-order valence-corrected chi connectivity index (χ3v) is 4.92. The zero-order chi connectivity index (χ0) is 14.8. The van der Waals surface area contributed by atoms with Gasteiger partial charge in [0.05, 0.1) is 0 Å². The zero-order valence-corrected chi connectivity index (χ0v) is 12.7. The van der Waals surface area contributed by atoms with E-state index >= 15 is 0 Å². The topological polar surface area (TPSA) is 48.4 Å². The lowest BCUT2D eigenvalue weighted by molar-refractivity contribution is 0.157. The Hall–Kier alpha value is -1.56. The van der Waals surface area contributed by atoms with Crippen LogP contribution in [0.15, 0.2) is 35.3 Å². The molecule has 3 nitrogen and oxygen atoms in total. The van der Waals surface area contributed by atoms with Gasteiger partial charge >= 0.3 is 5.70 Å². The molecule has 1 rings (SSSR count). The van der Waals surface area contributed by atoms with Crippen molar-refractivity contribution in [2.24, 2.45) is 17.3 Å². The van der Waals surface area contributed by atoms with Crippen molar-refractivity contribution in [1.29, 1.82) is 5.39 Å². The van der Waals surface area contributed by atoms with Crippen LogP contribution >= 0.6 is 0 Å². The molecule has 0 saturated heterocycles. The largest absolute Gasteiger partial charge is 0.505 e. The van der Waals surface area contributed by atoms with E-state index in [2.05, 4.69) is 45.3 Å². The summed E-state index contributed by atoms with van der Waals surface area (Å²) in [5, 5.41) is 18.8. The second kappa shape index (κ2) is 5.61. The summed E-state index contributed by atoms with van der Waals surface area (Å²) in [5.41, 5.74) is 2.64. The number of diazo groups is 1. The summed E-state index contributed by atoms with van der Waals surface area (Å²) >= 11 is 0. The molecule has 0 fully saturated rings. The van der Waals surface area contributed by atoms with Crippen LogP contribution in [0.5, 0.6) is 0 Å². The highest BCUT2D eigenvalue weighted by Crippen LogP contribution is 2.50. The molecule has 0 radical (unpaired) electrons. The first-order chi connectivity index (χ1) is 8.74. The summed E-state index contributed by atoms with van der Waals surface area (Å²) in [7, 11) is 0. The van der Waals surface area contributed by atoms with Gasteiger partial charge in [-0.3, -0.25) is 0 Å². The molecule has 0 spiro atoms. The Bertz CT molecular complexity index is 481. The lowest BCUT2D eigenvalue weighted by Crippen LogP contribution is -2.36. The maximum atomic E-state index is 10.1. The minimum absolute atomic E-state index is 0.127. The van der Waals surface area contributed by atoms with Crippen molar-refractivity contribution in [1.82, 2.24) is 0 Å². The molecule has 1 aliphatic carbocycles. The van der Waals surface area contributed by atoms with E-state index in [0.717, 1.165) is 6.42 Å². The summed E-state index contributed by atoms with van der Waals surface area (Å²) in [6.07, 6.45) is 3.76. The van der Waals surface area contributed by atoms with E-state index in [1.165, 1.54) is 11.1 Å². The SMILES string of the molecule is C=C(C)[C@@H]1CC=C(C)[C@](C)(C/C(O)=C(\C)[N+]#N)[C@H]1C. The van der Waals surface area contributed by atoms with Crippen LogP contribution in [0, 0.1) is 22.6 Å². The standard InChI is InChI=1S/C16H24N2O/c1-10(2)14-8-7-11(3)16(6,12(14)4)9-15(19)13(5)18-17/h7,12,14H,1,8-9H2,2-6H3/p+1/b15-13-/t12-,14-,16-/m0/s1. The third kappa shape index (κ3) is 2.89. The molecule has 0 bridgehead atoms. The molecule has 1 aliphatic rings. The Morgan fingerprint density at radius 3 is 2.63 bits per heavy atom. The number of aliphatic hydroxyl groups is 1. The van der Waals surface area contributed by atoms with Gasteiger partial charge < -0.3 is 5.11 Å². The third-order valence-electron chi connectivity index (χ3n) is 4.92. The second-order valence-electron chi connectivity index (χ2n) is 6.09. The van der Waals surface area contributed by atoms with Crippen molar-refractivity contribution < 1.29 is 5.11 Å². The Kier molecular flexibility index (Phi) is 4.57. The molecule has 1 N–H and O–H groups in total. The van der Waals surface area contributed by atoms with Crippen LogP contribution in [0.3, 0.4) is 0 Å². The lowest BCUT2D eigenvalue weighted by atomic mass is 9.60. The fraction of sp³-hybridized carbons (Fsp3) is 0.625. The molecule has 0 aromatic rings. The van der Waals surface area contributed by atoms with Crippen molar-refractivity contribution in [2.45, 2.75) is 47.5 Å². The van der Waals surface area contributed by atoms with Gasteiger partial charge in [-0.2, -0.15) is 0 Å². The van der Waals surface area contributed by atoms with Crippen LogP contribution in [0.2, 0.25) is 0 Å². The molecule has 0 heterocycles. The zero-order valence-electron chi connectivity index (χ0n) is 12.7. The Morgan fingerprint density at radius 2 is 2.16 bits per heavy atom. The number of hydrogen-bond donors (Lipinski definition) is 1. The number of aliphatic hydroxyl groups excluding tert-OH is 1. The highest BCUT2D eigenvalue weighted by molar-refractivity contribution is 5.25. The maximum Gasteiger partial charge on any atom is 0.395 e. The molecule has 0 aromatic heterocycles. The molecule has 0 amide bonds. The quantitative estimate of drug-likeness (QED) is 0.431. The van der Waals surface area contributed by atoms with Gasteiger partial charge in [0.2, 0.25) is 5.39 Å². The molecule has 3 heteroatoms. The monoisotopic (exact) mass is 261 g/mol. The number of allylic oxidation sites excluding steroid dienone is 5. The fourth-order valence-electron chi connectivity index (χ4n) is 3.01. The Morgan fingerprint density at radius 1 is 1.58 bits per heavy atom. The smallest absolute Gasteiger partial charge is 0.395 e. The van der Waals surface area contributed by atoms with Crippen LogP contribution in [0.25, 0.3) is 4.98 Å². The summed E-state index contributed by atoms with van der Waals surface area (Å²) in [5.74, 6) is 0.989. The summed E-state index contributed by atoms with van der Waals surface area (Å²) in [4.78, 5) is 3.08. The fourth-order valence-corrected chi connectivity index (χ4v) is 3.01. The van der Waals surface area contributed by atoms with E-state index in [-0.39, 0.29) is 11.2 Å². The van der Waals surface area contributed by atoms with E-state index in [0.29, 0.717) is 24.0 Å². The normalized spacial score (nSPS) is 32.1. The van der Waals surface area contributed by atoms with Gasteiger partial charge in [-0.05, 0) is 37.5 Å². The van der Waals surface area contributed by atoms with Crippen molar-refractivity contribution in [3.63, 3.8) is 0 Å². The van der Waals surface area contributed by atoms with Crippen molar-refractivity contribution in [2.75, 3.05) is 0 Å². The van der Waals surface area contributed by atoms with Gasteiger partial charge in [0, 0.05) is 13.3 Å². The summed E-state index contributed by atoms with van der Waals surface area (Å²) < 4.78 is 0. The number of rotatable bonds is 3. The Labute approximate surface area is 116 Å².